The van der Waals surface area contributed by atoms with Gasteiger partial charge in [-0.25, -0.2) is 4.79 Å². The second kappa shape index (κ2) is 6.99. The monoisotopic (exact) mass is 284 g/mol. The summed E-state index contributed by atoms with van der Waals surface area (Å²) in [5.74, 6) is -1.04. The van der Waals surface area contributed by atoms with Crippen LogP contribution in [0.15, 0.2) is 18.2 Å². The van der Waals surface area contributed by atoms with Gasteiger partial charge in [0.1, 0.15) is 6.54 Å². The maximum atomic E-state index is 12.0. The van der Waals surface area contributed by atoms with Gasteiger partial charge in [0.25, 0.3) is 0 Å². The number of rotatable bonds is 5. The Kier molecular flexibility index (Phi) is 5.63. The number of carboxylic acids is 1. The third-order valence-corrected chi connectivity index (χ3v) is 3.03. The van der Waals surface area contributed by atoms with Crippen LogP contribution in [0.4, 0.5) is 10.5 Å². The molecule has 2 amide bonds. The van der Waals surface area contributed by atoms with Gasteiger partial charge in [0.15, 0.2) is 0 Å². The van der Waals surface area contributed by atoms with Gasteiger partial charge in [-0.3, -0.25) is 4.79 Å². The number of urea groups is 1. The summed E-state index contributed by atoms with van der Waals surface area (Å²) in [6, 6.07) is 4.75. The number of amides is 2. The molecule has 0 aliphatic rings. The van der Waals surface area contributed by atoms with Crippen LogP contribution in [-0.4, -0.2) is 35.1 Å². The van der Waals surface area contributed by atoms with Crippen molar-refractivity contribution in [3.05, 3.63) is 28.8 Å². The van der Waals surface area contributed by atoms with Crippen LogP contribution in [-0.2, 0) is 4.79 Å². The van der Waals surface area contributed by atoms with Crippen LogP contribution in [0.2, 0.25) is 5.02 Å². The molecule has 104 valence electrons. The Morgan fingerprint density at radius 3 is 2.68 bits per heavy atom. The van der Waals surface area contributed by atoms with Gasteiger partial charge >= 0.3 is 12.0 Å². The molecule has 0 spiro atoms. The first-order chi connectivity index (χ1) is 8.95. The zero-order valence-electron chi connectivity index (χ0n) is 10.9. The Bertz CT molecular complexity index is 477. The number of hydrogen-bond acceptors (Lipinski definition) is 2. The second-order valence-corrected chi connectivity index (χ2v) is 4.57. The summed E-state index contributed by atoms with van der Waals surface area (Å²) < 4.78 is 0. The molecule has 0 atom stereocenters. The van der Waals surface area contributed by atoms with Gasteiger partial charge in [-0.2, -0.15) is 0 Å². The van der Waals surface area contributed by atoms with Crippen molar-refractivity contribution < 1.29 is 14.7 Å². The molecule has 1 rings (SSSR count). The summed E-state index contributed by atoms with van der Waals surface area (Å²) in [7, 11) is 0. The number of anilines is 1. The van der Waals surface area contributed by atoms with E-state index < -0.39 is 12.0 Å². The van der Waals surface area contributed by atoms with Crippen molar-refractivity contribution in [1.29, 1.82) is 0 Å². The molecule has 0 unspecified atom stereocenters. The lowest BCUT2D eigenvalue weighted by Crippen LogP contribution is -2.39. The minimum Gasteiger partial charge on any atom is -0.480 e. The molecular formula is C13H17ClN2O3. The molecule has 5 nitrogen and oxygen atoms in total. The Morgan fingerprint density at radius 2 is 2.11 bits per heavy atom. The maximum Gasteiger partial charge on any atom is 0.323 e. The van der Waals surface area contributed by atoms with Crippen molar-refractivity contribution >= 4 is 29.3 Å². The average molecular weight is 285 g/mol. The SMILES string of the molecule is CCCN(CC(=O)O)C(=O)Nc1cccc(Cl)c1C. The van der Waals surface area contributed by atoms with E-state index in [0.29, 0.717) is 23.7 Å². The topological polar surface area (TPSA) is 69.6 Å². The number of carboxylic acid groups (broad SMARTS) is 1. The number of aliphatic carboxylic acids is 1. The smallest absolute Gasteiger partial charge is 0.323 e. The highest BCUT2D eigenvalue weighted by molar-refractivity contribution is 6.31. The molecule has 0 saturated heterocycles. The largest absolute Gasteiger partial charge is 0.480 e. The van der Waals surface area contributed by atoms with Crippen LogP contribution >= 0.6 is 11.6 Å². The highest BCUT2D eigenvalue weighted by Crippen LogP contribution is 2.23. The first-order valence-electron chi connectivity index (χ1n) is 5.98. The van der Waals surface area contributed by atoms with Gasteiger partial charge in [-0.05, 0) is 31.0 Å². The molecule has 0 aliphatic heterocycles. The third kappa shape index (κ3) is 4.44. The van der Waals surface area contributed by atoms with E-state index in [2.05, 4.69) is 5.32 Å². The fourth-order valence-electron chi connectivity index (χ4n) is 1.62. The van der Waals surface area contributed by atoms with Crippen molar-refractivity contribution in [2.45, 2.75) is 20.3 Å². The first kappa shape index (κ1) is 15.3. The summed E-state index contributed by atoms with van der Waals surface area (Å²) in [6.45, 7) is 3.74. The lowest BCUT2D eigenvalue weighted by Gasteiger charge is -2.21. The Balaban J connectivity index is 2.81. The van der Waals surface area contributed by atoms with Crippen LogP contribution < -0.4 is 5.32 Å². The van der Waals surface area contributed by atoms with Gasteiger partial charge in [0, 0.05) is 17.3 Å². The lowest BCUT2D eigenvalue weighted by molar-refractivity contribution is -0.137. The van der Waals surface area contributed by atoms with Crippen molar-refractivity contribution in [3.8, 4) is 0 Å². The Morgan fingerprint density at radius 1 is 1.42 bits per heavy atom. The van der Waals surface area contributed by atoms with Crippen LogP contribution in [0.3, 0.4) is 0 Å². The Hall–Kier alpha value is -1.75. The van der Waals surface area contributed by atoms with E-state index >= 15 is 0 Å². The summed E-state index contributed by atoms with van der Waals surface area (Å²) in [5, 5.41) is 12.0. The maximum absolute atomic E-state index is 12.0. The number of nitrogens with one attached hydrogen (secondary N) is 1. The number of carbonyl (C=O) groups is 2. The fraction of sp³-hybridized carbons (Fsp3) is 0.385. The summed E-state index contributed by atoms with van der Waals surface area (Å²) in [4.78, 5) is 24.0. The van der Waals surface area contributed by atoms with Gasteiger partial charge in [0.2, 0.25) is 0 Å². The fourth-order valence-corrected chi connectivity index (χ4v) is 1.80. The summed E-state index contributed by atoms with van der Waals surface area (Å²) in [6.07, 6.45) is 0.690. The van der Waals surface area contributed by atoms with E-state index in [4.69, 9.17) is 16.7 Å². The van der Waals surface area contributed by atoms with Crippen LogP contribution in [0.1, 0.15) is 18.9 Å². The Labute approximate surface area is 117 Å². The van der Waals surface area contributed by atoms with Crippen molar-refractivity contribution in [2.75, 3.05) is 18.4 Å². The van der Waals surface area contributed by atoms with Gasteiger partial charge in [-0.1, -0.05) is 24.6 Å². The molecule has 19 heavy (non-hydrogen) atoms. The highest BCUT2D eigenvalue weighted by atomic mass is 35.5. The summed E-state index contributed by atoms with van der Waals surface area (Å²) in [5.41, 5.74) is 1.34. The normalized spacial score (nSPS) is 10.1. The third-order valence-electron chi connectivity index (χ3n) is 2.62. The molecule has 1 aromatic rings. The minimum absolute atomic E-state index is 0.320. The van der Waals surface area contributed by atoms with Gasteiger partial charge in [0.05, 0.1) is 0 Å². The van der Waals surface area contributed by atoms with E-state index in [9.17, 15) is 9.59 Å². The molecule has 6 heteroatoms. The van der Waals surface area contributed by atoms with E-state index in [1.54, 1.807) is 25.1 Å². The predicted molar refractivity (Wildman–Crippen MR) is 74.7 cm³/mol. The van der Waals surface area contributed by atoms with Crippen LogP contribution in [0.25, 0.3) is 0 Å². The zero-order valence-corrected chi connectivity index (χ0v) is 11.7. The van der Waals surface area contributed by atoms with Gasteiger partial charge in [-0.15, -0.1) is 0 Å². The standard InChI is InChI=1S/C13H17ClN2O3/c1-3-7-16(8-12(17)18)13(19)15-11-6-4-5-10(14)9(11)2/h4-6H,3,7-8H2,1-2H3,(H,15,19)(H,17,18). The molecule has 0 saturated carbocycles. The van der Waals surface area contributed by atoms with E-state index in [1.165, 1.54) is 4.90 Å². The molecule has 0 heterocycles. The number of nitrogens with zero attached hydrogens (tertiary/aromatic N) is 1. The molecule has 0 bridgehead atoms. The summed E-state index contributed by atoms with van der Waals surface area (Å²) >= 11 is 5.96. The molecule has 1 aromatic carbocycles. The first-order valence-corrected chi connectivity index (χ1v) is 6.36. The quantitative estimate of drug-likeness (QED) is 0.873. The molecule has 0 radical (unpaired) electrons. The second-order valence-electron chi connectivity index (χ2n) is 4.16. The zero-order chi connectivity index (χ0) is 14.4. The van der Waals surface area contributed by atoms with Crippen molar-refractivity contribution in [3.63, 3.8) is 0 Å². The van der Waals surface area contributed by atoms with E-state index in [1.807, 2.05) is 6.92 Å². The van der Waals surface area contributed by atoms with Crippen molar-refractivity contribution in [2.24, 2.45) is 0 Å². The number of halogens is 1. The molecule has 0 aromatic heterocycles. The molecule has 0 fully saturated rings. The van der Waals surface area contributed by atoms with Crippen LogP contribution in [0.5, 0.6) is 0 Å². The number of hydrogen-bond donors (Lipinski definition) is 2. The predicted octanol–water partition coefficient (Wildman–Crippen LogP) is 2.98. The average Bonchev–Trinajstić information content (AvgIpc) is 2.34. The molecule has 0 aliphatic carbocycles. The molecular weight excluding hydrogens is 268 g/mol. The number of carbonyl (C=O) groups excluding carboxylic acids is 1. The van der Waals surface area contributed by atoms with Crippen LogP contribution in [0, 0.1) is 6.92 Å². The van der Waals surface area contributed by atoms with E-state index in [-0.39, 0.29) is 6.54 Å². The minimum atomic E-state index is -1.04. The number of benzene rings is 1. The van der Waals surface area contributed by atoms with E-state index in [0.717, 1.165) is 5.56 Å². The lowest BCUT2D eigenvalue weighted by atomic mass is 10.2. The van der Waals surface area contributed by atoms with Gasteiger partial charge < -0.3 is 15.3 Å². The molecule has 2 N–H and O–H groups in total. The highest BCUT2D eigenvalue weighted by Gasteiger charge is 2.16. The van der Waals surface area contributed by atoms with Crippen molar-refractivity contribution in [1.82, 2.24) is 4.90 Å².